The zero-order valence-corrected chi connectivity index (χ0v) is 18.9. The summed E-state index contributed by atoms with van der Waals surface area (Å²) >= 11 is 2.15. The SMILES string of the molecule is CCCOc1c(I)cc(C=NNC(=O)CC(=O)Nc2ccccc2F)cc1OCC. The fourth-order valence-corrected chi connectivity index (χ4v) is 3.17. The number of nitrogens with zero attached hydrogens (tertiary/aromatic N) is 1. The van der Waals surface area contributed by atoms with E-state index in [9.17, 15) is 14.0 Å². The maximum absolute atomic E-state index is 13.5. The maximum atomic E-state index is 13.5. The molecular weight excluding hydrogens is 504 g/mol. The highest BCUT2D eigenvalue weighted by atomic mass is 127. The lowest BCUT2D eigenvalue weighted by Gasteiger charge is -2.14. The van der Waals surface area contributed by atoms with Crippen LogP contribution >= 0.6 is 22.6 Å². The van der Waals surface area contributed by atoms with Gasteiger partial charge in [-0.3, -0.25) is 9.59 Å². The topological polar surface area (TPSA) is 89.0 Å². The van der Waals surface area contributed by atoms with Gasteiger partial charge in [-0.25, -0.2) is 9.82 Å². The fraction of sp³-hybridized carbons (Fsp3) is 0.286. The van der Waals surface area contributed by atoms with E-state index in [1.54, 1.807) is 12.1 Å². The molecule has 30 heavy (non-hydrogen) atoms. The molecule has 160 valence electrons. The lowest BCUT2D eigenvalue weighted by atomic mass is 10.2. The number of hydrogen-bond donors (Lipinski definition) is 2. The molecule has 0 unspecified atom stereocenters. The van der Waals surface area contributed by atoms with Crippen molar-refractivity contribution in [3.63, 3.8) is 0 Å². The molecule has 0 aliphatic carbocycles. The van der Waals surface area contributed by atoms with Crippen LogP contribution in [0.4, 0.5) is 10.1 Å². The first-order valence-corrected chi connectivity index (χ1v) is 10.5. The Morgan fingerprint density at radius 1 is 1.17 bits per heavy atom. The molecule has 2 amide bonds. The molecule has 0 atom stereocenters. The summed E-state index contributed by atoms with van der Waals surface area (Å²) in [6.45, 7) is 4.96. The quantitative estimate of drug-likeness (QED) is 0.211. The van der Waals surface area contributed by atoms with E-state index in [1.807, 2.05) is 19.9 Å². The minimum Gasteiger partial charge on any atom is -0.490 e. The van der Waals surface area contributed by atoms with Crippen LogP contribution in [0.15, 0.2) is 41.5 Å². The highest BCUT2D eigenvalue weighted by Crippen LogP contribution is 2.34. The third-order valence-electron chi connectivity index (χ3n) is 3.65. The molecule has 0 aromatic heterocycles. The molecule has 0 radical (unpaired) electrons. The van der Waals surface area contributed by atoms with Gasteiger partial charge in [0, 0.05) is 0 Å². The molecule has 0 fully saturated rings. The molecule has 0 bridgehead atoms. The fourth-order valence-electron chi connectivity index (χ4n) is 2.39. The standard InChI is InChI=1S/C21H23FIN3O4/c1-3-9-30-21-16(23)10-14(11-18(21)29-4-2)13-24-26-20(28)12-19(27)25-17-8-6-5-7-15(17)22/h5-8,10-11,13H,3-4,9,12H2,1-2H3,(H,25,27)(H,26,28). The lowest BCUT2D eigenvalue weighted by Crippen LogP contribution is -2.24. The number of rotatable bonds is 10. The number of carbonyl (C=O) groups excluding carboxylic acids is 2. The summed E-state index contributed by atoms with van der Waals surface area (Å²) in [7, 11) is 0. The molecule has 7 nitrogen and oxygen atoms in total. The second-order valence-corrected chi connectivity index (χ2v) is 7.27. The van der Waals surface area contributed by atoms with Crippen LogP contribution in [0.1, 0.15) is 32.3 Å². The molecular formula is C21H23FIN3O4. The molecule has 2 aromatic carbocycles. The summed E-state index contributed by atoms with van der Waals surface area (Å²) in [4.78, 5) is 23.8. The first kappa shape index (κ1) is 23.6. The van der Waals surface area contributed by atoms with Gasteiger partial charge in [-0.1, -0.05) is 19.1 Å². The molecule has 0 heterocycles. The van der Waals surface area contributed by atoms with Crippen molar-refractivity contribution in [2.45, 2.75) is 26.7 Å². The molecule has 2 N–H and O–H groups in total. The smallest absolute Gasteiger partial charge is 0.249 e. The van der Waals surface area contributed by atoms with Crippen LogP contribution in [0, 0.1) is 9.39 Å². The van der Waals surface area contributed by atoms with Crippen LogP contribution in [0.5, 0.6) is 11.5 Å². The van der Waals surface area contributed by atoms with Gasteiger partial charge in [0.1, 0.15) is 12.2 Å². The normalized spacial score (nSPS) is 10.7. The molecule has 2 rings (SSSR count). The predicted molar refractivity (Wildman–Crippen MR) is 121 cm³/mol. The minimum atomic E-state index is -0.640. The van der Waals surface area contributed by atoms with E-state index < -0.39 is 24.1 Å². The van der Waals surface area contributed by atoms with E-state index >= 15 is 0 Å². The van der Waals surface area contributed by atoms with Crippen LogP contribution in [-0.4, -0.2) is 31.2 Å². The van der Waals surface area contributed by atoms with Crippen molar-refractivity contribution in [3.05, 3.63) is 51.3 Å². The number of hydrogen-bond acceptors (Lipinski definition) is 5. The Morgan fingerprint density at radius 3 is 2.63 bits per heavy atom. The van der Waals surface area contributed by atoms with Gasteiger partial charge in [0.05, 0.1) is 28.7 Å². The van der Waals surface area contributed by atoms with Gasteiger partial charge in [-0.05, 0) is 65.8 Å². The number of para-hydroxylation sites is 1. The summed E-state index contributed by atoms with van der Waals surface area (Å²) in [6.07, 6.45) is 1.83. The van der Waals surface area contributed by atoms with Gasteiger partial charge in [0.2, 0.25) is 11.8 Å². The average Bonchev–Trinajstić information content (AvgIpc) is 2.69. The molecule has 2 aromatic rings. The number of amides is 2. The Bertz CT molecular complexity index is 921. The van der Waals surface area contributed by atoms with E-state index in [-0.39, 0.29) is 5.69 Å². The average molecular weight is 527 g/mol. The van der Waals surface area contributed by atoms with Crippen LogP contribution < -0.4 is 20.2 Å². The zero-order valence-electron chi connectivity index (χ0n) is 16.7. The number of carbonyl (C=O) groups is 2. The van der Waals surface area contributed by atoms with Gasteiger partial charge in [0.15, 0.2) is 11.5 Å². The van der Waals surface area contributed by atoms with Crippen molar-refractivity contribution >= 4 is 46.3 Å². The summed E-state index contributed by atoms with van der Waals surface area (Å²) < 4.78 is 25.8. The summed E-state index contributed by atoms with van der Waals surface area (Å²) in [5.41, 5.74) is 3.00. The molecule has 0 spiro atoms. The van der Waals surface area contributed by atoms with E-state index in [0.717, 1.165) is 9.99 Å². The Balaban J connectivity index is 1.96. The molecule has 0 aliphatic rings. The van der Waals surface area contributed by atoms with Gasteiger partial charge in [-0.15, -0.1) is 0 Å². The third kappa shape index (κ3) is 7.29. The molecule has 0 aliphatic heterocycles. The largest absolute Gasteiger partial charge is 0.490 e. The van der Waals surface area contributed by atoms with Crippen LogP contribution in [0.25, 0.3) is 0 Å². The summed E-state index contributed by atoms with van der Waals surface area (Å²) in [5.74, 6) is -0.573. The van der Waals surface area contributed by atoms with Crippen molar-refractivity contribution in [2.24, 2.45) is 5.10 Å². The second-order valence-electron chi connectivity index (χ2n) is 6.11. The van der Waals surface area contributed by atoms with Crippen LogP contribution in [0.2, 0.25) is 0 Å². The third-order valence-corrected chi connectivity index (χ3v) is 4.46. The van der Waals surface area contributed by atoms with Crippen molar-refractivity contribution in [2.75, 3.05) is 18.5 Å². The maximum Gasteiger partial charge on any atom is 0.249 e. The number of nitrogens with one attached hydrogen (secondary N) is 2. The van der Waals surface area contributed by atoms with Gasteiger partial charge in [0.25, 0.3) is 0 Å². The van der Waals surface area contributed by atoms with E-state index in [0.29, 0.717) is 30.3 Å². The number of hydrazone groups is 1. The Hall–Kier alpha value is -2.69. The first-order valence-electron chi connectivity index (χ1n) is 9.40. The van der Waals surface area contributed by atoms with Crippen molar-refractivity contribution < 1.29 is 23.5 Å². The highest BCUT2D eigenvalue weighted by molar-refractivity contribution is 14.1. The Kier molecular flexibility index (Phi) is 9.52. The number of benzene rings is 2. The van der Waals surface area contributed by atoms with Crippen molar-refractivity contribution in [1.29, 1.82) is 0 Å². The van der Waals surface area contributed by atoms with Crippen molar-refractivity contribution in [1.82, 2.24) is 5.43 Å². The summed E-state index contributed by atoms with van der Waals surface area (Å²) in [6, 6.07) is 9.32. The monoisotopic (exact) mass is 527 g/mol. The van der Waals surface area contributed by atoms with Crippen LogP contribution in [0.3, 0.4) is 0 Å². The van der Waals surface area contributed by atoms with E-state index in [2.05, 4.69) is 38.4 Å². The number of anilines is 1. The predicted octanol–water partition coefficient (Wildman–Crippen LogP) is 4.10. The van der Waals surface area contributed by atoms with E-state index in [1.165, 1.54) is 24.4 Å². The van der Waals surface area contributed by atoms with Gasteiger partial charge in [-0.2, -0.15) is 5.10 Å². The van der Waals surface area contributed by atoms with Crippen LogP contribution in [-0.2, 0) is 9.59 Å². The van der Waals surface area contributed by atoms with E-state index in [4.69, 9.17) is 9.47 Å². The highest BCUT2D eigenvalue weighted by Gasteiger charge is 2.13. The minimum absolute atomic E-state index is 0.0159. The molecule has 0 saturated heterocycles. The lowest BCUT2D eigenvalue weighted by molar-refractivity contribution is -0.126. The molecule has 0 saturated carbocycles. The summed E-state index contributed by atoms with van der Waals surface area (Å²) in [5, 5.41) is 6.22. The van der Waals surface area contributed by atoms with Gasteiger partial charge >= 0.3 is 0 Å². The number of halogens is 2. The molecule has 9 heteroatoms. The Labute approximate surface area is 188 Å². The van der Waals surface area contributed by atoms with Gasteiger partial charge < -0.3 is 14.8 Å². The number of ether oxygens (including phenoxy) is 2. The first-order chi connectivity index (χ1) is 14.4. The Morgan fingerprint density at radius 2 is 1.93 bits per heavy atom. The van der Waals surface area contributed by atoms with Crippen molar-refractivity contribution in [3.8, 4) is 11.5 Å². The second kappa shape index (κ2) is 12.1. The zero-order chi connectivity index (χ0) is 21.9.